The van der Waals surface area contributed by atoms with Crippen LogP contribution in [0.15, 0.2) is 35.7 Å². The van der Waals surface area contributed by atoms with E-state index in [1.54, 1.807) is 31.3 Å². The molecule has 0 aliphatic rings. The molecule has 0 saturated heterocycles. The fourth-order valence-corrected chi connectivity index (χ4v) is 2.45. The number of aromatic nitrogens is 2. The van der Waals surface area contributed by atoms with Gasteiger partial charge in [0.25, 0.3) is 0 Å². The lowest BCUT2D eigenvalue weighted by Crippen LogP contribution is -1.93. The summed E-state index contributed by atoms with van der Waals surface area (Å²) < 4.78 is 5.24. The van der Waals surface area contributed by atoms with Gasteiger partial charge in [-0.3, -0.25) is 0 Å². The highest BCUT2D eigenvalue weighted by atomic mass is 32.2. The molecular formula is C16H16N2O2S. The van der Waals surface area contributed by atoms with E-state index in [-0.39, 0.29) is 6.61 Å². The van der Waals surface area contributed by atoms with Crippen LogP contribution in [-0.2, 0) is 5.75 Å². The van der Waals surface area contributed by atoms with Crippen LogP contribution >= 0.6 is 11.8 Å². The predicted octanol–water partition coefficient (Wildman–Crippen LogP) is 2.43. The maximum Gasteiger partial charge on any atom is 0.187 e. The van der Waals surface area contributed by atoms with Gasteiger partial charge in [-0.2, -0.15) is 0 Å². The summed E-state index contributed by atoms with van der Waals surface area (Å²) in [6, 6.07) is 5.70. The Hall–Kier alpha value is -2.03. The van der Waals surface area contributed by atoms with E-state index >= 15 is 0 Å². The average molecular weight is 300 g/mol. The van der Waals surface area contributed by atoms with Crippen molar-refractivity contribution in [3.8, 4) is 17.6 Å². The minimum Gasteiger partial charge on any atom is -0.497 e. The first-order valence-corrected chi connectivity index (χ1v) is 7.39. The third-order valence-electron chi connectivity index (χ3n) is 2.73. The van der Waals surface area contributed by atoms with E-state index < -0.39 is 0 Å². The van der Waals surface area contributed by atoms with E-state index in [1.165, 1.54) is 0 Å². The highest BCUT2D eigenvalue weighted by Gasteiger charge is 2.05. The number of ether oxygens (including phenoxy) is 1. The van der Waals surface area contributed by atoms with Crippen molar-refractivity contribution >= 4 is 11.8 Å². The predicted molar refractivity (Wildman–Crippen MR) is 83.3 cm³/mol. The molecule has 0 amide bonds. The van der Waals surface area contributed by atoms with Crippen LogP contribution in [0.25, 0.3) is 0 Å². The van der Waals surface area contributed by atoms with E-state index in [1.807, 2.05) is 25.1 Å². The SMILES string of the molecule is COc1ccc(C#CCO)c(CSc2ncc(C)cn2)c1. The molecule has 0 aliphatic heterocycles. The molecule has 0 aliphatic carbocycles. The molecule has 0 unspecified atom stereocenters. The molecular weight excluding hydrogens is 284 g/mol. The number of aliphatic hydroxyl groups is 1. The van der Waals surface area contributed by atoms with Crippen molar-refractivity contribution in [3.63, 3.8) is 0 Å². The Labute approximate surface area is 128 Å². The number of rotatable bonds is 4. The summed E-state index contributed by atoms with van der Waals surface area (Å²) in [5, 5.41) is 9.56. The first-order valence-electron chi connectivity index (χ1n) is 6.41. The third kappa shape index (κ3) is 4.48. The lowest BCUT2D eigenvalue weighted by Gasteiger charge is -2.07. The van der Waals surface area contributed by atoms with Gasteiger partial charge in [0.1, 0.15) is 12.4 Å². The van der Waals surface area contributed by atoms with Crippen molar-refractivity contribution in [2.75, 3.05) is 13.7 Å². The van der Waals surface area contributed by atoms with E-state index in [9.17, 15) is 0 Å². The van der Waals surface area contributed by atoms with Crippen LogP contribution in [0.3, 0.4) is 0 Å². The van der Waals surface area contributed by atoms with Crippen molar-refractivity contribution in [1.29, 1.82) is 0 Å². The fraction of sp³-hybridized carbons (Fsp3) is 0.250. The number of aliphatic hydroxyl groups excluding tert-OH is 1. The molecule has 0 atom stereocenters. The normalized spacial score (nSPS) is 9.86. The molecule has 0 fully saturated rings. The molecule has 108 valence electrons. The molecule has 2 rings (SSSR count). The summed E-state index contributed by atoms with van der Waals surface area (Å²) in [6.45, 7) is 1.80. The zero-order chi connectivity index (χ0) is 15.1. The van der Waals surface area contributed by atoms with E-state index in [0.717, 1.165) is 27.6 Å². The molecule has 0 spiro atoms. The average Bonchev–Trinajstić information content (AvgIpc) is 2.52. The van der Waals surface area contributed by atoms with Gasteiger partial charge < -0.3 is 9.84 Å². The Bertz CT molecular complexity index is 660. The van der Waals surface area contributed by atoms with Gasteiger partial charge in [0, 0.05) is 23.7 Å². The van der Waals surface area contributed by atoms with Crippen LogP contribution in [-0.4, -0.2) is 28.8 Å². The van der Waals surface area contributed by atoms with Crippen molar-refractivity contribution < 1.29 is 9.84 Å². The largest absolute Gasteiger partial charge is 0.497 e. The van der Waals surface area contributed by atoms with Gasteiger partial charge in [0.05, 0.1) is 7.11 Å². The molecule has 0 bridgehead atoms. The quantitative estimate of drug-likeness (QED) is 0.534. The number of aryl methyl sites for hydroxylation is 1. The van der Waals surface area contributed by atoms with Gasteiger partial charge in [0.2, 0.25) is 0 Å². The Balaban J connectivity index is 2.18. The second kappa shape index (κ2) is 7.67. The standard InChI is InChI=1S/C16H16N2O2S/c1-12-9-17-16(18-10-12)21-11-14-8-15(20-2)6-5-13(14)4-3-7-19/h5-6,8-10,19H,7,11H2,1-2H3. The lowest BCUT2D eigenvalue weighted by molar-refractivity contribution is 0.350. The van der Waals surface area contributed by atoms with Crippen LogP contribution in [0, 0.1) is 18.8 Å². The zero-order valence-electron chi connectivity index (χ0n) is 12.0. The summed E-state index contributed by atoms with van der Waals surface area (Å²) in [4.78, 5) is 8.54. The van der Waals surface area contributed by atoms with E-state index in [2.05, 4.69) is 21.8 Å². The van der Waals surface area contributed by atoms with Crippen molar-refractivity contribution in [2.24, 2.45) is 0 Å². The zero-order valence-corrected chi connectivity index (χ0v) is 12.8. The van der Waals surface area contributed by atoms with Crippen molar-refractivity contribution in [3.05, 3.63) is 47.3 Å². The molecule has 1 aromatic heterocycles. The van der Waals surface area contributed by atoms with Gasteiger partial charge in [-0.05, 0) is 36.2 Å². The van der Waals surface area contributed by atoms with Crippen molar-refractivity contribution in [1.82, 2.24) is 9.97 Å². The van der Waals surface area contributed by atoms with Crippen LogP contribution in [0.1, 0.15) is 16.7 Å². The molecule has 21 heavy (non-hydrogen) atoms. The molecule has 4 nitrogen and oxygen atoms in total. The molecule has 0 radical (unpaired) electrons. The summed E-state index contributed by atoms with van der Waals surface area (Å²) in [5.41, 5.74) is 2.95. The van der Waals surface area contributed by atoms with Gasteiger partial charge in [-0.15, -0.1) is 0 Å². The number of benzene rings is 1. The molecule has 1 N–H and O–H groups in total. The van der Waals surface area contributed by atoms with Gasteiger partial charge in [-0.1, -0.05) is 23.6 Å². The Morgan fingerprint density at radius 2 is 2.05 bits per heavy atom. The lowest BCUT2D eigenvalue weighted by atomic mass is 10.1. The monoisotopic (exact) mass is 300 g/mol. The molecule has 2 aromatic rings. The fourth-order valence-electron chi connectivity index (χ4n) is 1.67. The number of hydrogen-bond donors (Lipinski definition) is 1. The van der Waals surface area contributed by atoms with Crippen LogP contribution in [0.4, 0.5) is 0 Å². The van der Waals surface area contributed by atoms with Crippen LogP contribution < -0.4 is 4.74 Å². The summed E-state index contributed by atoms with van der Waals surface area (Å²) in [6.07, 6.45) is 3.60. The molecule has 1 aromatic carbocycles. The topological polar surface area (TPSA) is 55.2 Å². The maximum absolute atomic E-state index is 8.83. The summed E-state index contributed by atoms with van der Waals surface area (Å²) in [5.74, 6) is 7.09. The summed E-state index contributed by atoms with van der Waals surface area (Å²) in [7, 11) is 1.63. The summed E-state index contributed by atoms with van der Waals surface area (Å²) >= 11 is 1.54. The first kappa shape index (κ1) is 15.4. The van der Waals surface area contributed by atoms with Crippen LogP contribution in [0.5, 0.6) is 5.75 Å². The third-order valence-corrected chi connectivity index (χ3v) is 3.65. The minimum atomic E-state index is -0.153. The van der Waals surface area contributed by atoms with Crippen molar-refractivity contribution in [2.45, 2.75) is 17.8 Å². The highest BCUT2D eigenvalue weighted by Crippen LogP contribution is 2.24. The van der Waals surface area contributed by atoms with Gasteiger partial charge in [-0.25, -0.2) is 9.97 Å². The number of methoxy groups -OCH3 is 1. The second-order valence-electron chi connectivity index (χ2n) is 4.31. The van der Waals surface area contributed by atoms with Gasteiger partial charge in [0.15, 0.2) is 5.16 Å². The number of thioether (sulfide) groups is 1. The smallest absolute Gasteiger partial charge is 0.187 e. The molecule has 0 saturated carbocycles. The Morgan fingerprint density at radius 1 is 1.29 bits per heavy atom. The Morgan fingerprint density at radius 3 is 2.71 bits per heavy atom. The Kier molecular flexibility index (Phi) is 5.61. The second-order valence-corrected chi connectivity index (χ2v) is 5.26. The molecule has 1 heterocycles. The number of hydrogen-bond acceptors (Lipinski definition) is 5. The van der Waals surface area contributed by atoms with E-state index in [4.69, 9.17) is 9.84 Å². The van der Waals surface area contributed by atoms with Gasteiger partial charge >= 0.3 is 0 Å². The maximum atomic E-state index is 8.83. The molecule has 5 heteroatoms. The first-order chi connectivity index (χ1) is 10.2. The van der Waals surface area contributed by atoms with E-state index in [0.29, 0.717) is 5.75 Å². The highest BCUT2D eigenvalue weighted by molar-refractivity contribution is 7.98. The number of nitrogens with zero attached hydrogens (tertiary/aromatic N) is 2. The minimum absolute atomic E-state index is 0.153. The van der Waals surface area contributed by atoms with Crippen LogP contribution in [0.2, 0.25) is 0 Å².